The Labute approximate surface area is 179 Å². The number of hydrogen-bond acceptors (Lipinski definition) is 4. The molecule has 0 atom stereocenters. The predicted molar refractivity (Wildman–Crippen MR) is 121 cm³/mol. The van der Waals surface area contributed by atoms with Gasteiger partial charge in [-0.25, -0.2) is 0 Å². The number of ether oxygens (including phenoxy) is 4. The van der Waals surface area contributed by atoms with E-state index >= 15 is 0 Å². The van der Waals surface area contributed by atoms with E-state index in [0.29, 0.717) is 19.8 Å². The quantitative estimate of drug-likeness (QED) is 0.265. The molecule has 3 rings (SSSR count). The summed E-state index contributed by atoms with van der Waals surface area (Å²) in [7, 11) is 1.66. The van der Waals surface area contributed by atoms with Crippen LogP contribution in [0.5, 0.6) is 11.5 Å². The van der Waals surface area contributed by atoms with Gasteiger partial charge >= 0.3 is 0 Å². The maximum absolute atomic E-state index is 6.17. The van der Waals surface area contributed by atoms with Gasteiger partial charge in [0.15, 0.2) is 6.79 Å². The molecule has 0 radical (unpaired) electrons. The van der Waals surface area contributed by atoms with Gasteiger partial charge in [-0.3, -0.25) is 0 Å². The first-order valence-electron chi connectivity index (χ1n) is 10.4. The van der Waals surface area contributed by atoms with Crippen LogP contribution in [0.4, 0.5) is 0 Å². The molecule has 0 saturated heterocycles. The van der Waals surface area contributed by atoms with Crippen molar-refractivity contribution in [3.05, 3.63) is 72.8 Å². The molecule has 0 aliphatic rings. The molecule has 158 valence electrons. The third-order valence-electron chi connectivity index (χ3n) is 4.72. The van der Waals surface area contributed by atoms with Gasteiger partial charge in [-0.15, -0.1) is 0 Å². The van der Waals surface area contributed by atoms with Crippen molar-refractivity contribution in [3.63, 3.8) is 0 Å². The average Bonchev–Trinajstić information content (AvgIpc) is 2.80. The number of rotatable bonds is 12. The Hall–Kier alpha value is -2.82. The first-order chi connectivity index (χ1) is 14.8. The molecule has 4 heteroatoms. The van der Waals surface area contributed by atoms with Crippen LogP contribution >= 0.6 is 0 Å². The van der Waals surface area contributed by atoms with E-state index in [4.69, 9.17) is 18.9 Å². The number of unbranched alkanes of at least 4 members (excludes halogenated alkanes) is 1. The maximum Gasteiger partial charge on any atom is 0.189 e. The Bertz CT molecular complexity index is 818. The second-order valence-electron chi connectivity index (χ2n) is 6.94. The smallest absolute Gasteiger partial charge is 0.189 e. The molecule has 0 fully saturated rings. The van der Waals surface area contributed by atoms with Crippen molar-refractivity contribution in [1.82, 2.24) is 0 Å². The average molecular weight is 407 g/mol. The Morgan fingerprint density at radius 2 is 1.30 bits per heavy atom. The highest BCUT2D eigenvalue weighted by Gasteiger charge is 2.16. The third kappa shape index (κ3) is 6.09. The van der Waals surface area contributed by atoms with Gasteiger partial charge in [0.1, 0.15) is 11.5 Å². The lowest BCUT2D eigenvalue weighted by Gasteiger charge is -2.19. The van der Waals surface area contributed by atoms with Crippen LogP contribution in [0, 0.1) is 0 Å². The van der Waals surface area contributed by atoms with Crippen molar-refractivity contribution in [2.24, 2.45) is 0 Å². The summed E-state index contributed by atoms with van der Waals surface area (Å²) in [5.41, 5.74) is 4.11. The molecular weight excluding hydrogens is 376 g/mol. The molecule has 4 nitrogen and oxygen atoms in total. The molecule has 0 bridgehead atoms. The monoisotopic (exact) mass is 406 g/mol. The van der Waals surface area contributed by atoms with Gasteiger partial charge in [0, 0.05) is 18.2 Å². The first-order valence-corrected chi connectivity index (χ1v) is 10.4. The topological polar surface area (TPSA) is 36.9 Å². The molecule has 0 aliphatic carbocycles. The van der Waals surface area contributed by atoms with Crippen LogP contribution in [-0.4, -0.2) is 33.7 Å². The molecule has 0 unspecified atom stereocenters. The summed E-state index contributed by atoms with van der Waals surface area (Å²) in [5.74, 6) is 1.63. The van der Waals surface area contributed by atoms with Crippen molar-refractivity contribution in [2.45, 2.75) is 19.8 Å². The first kappa shape index (κ1) is 21.9. The fraction of sp³-hybridized carbons (Fsp3) is 0.308. The van der Waals surface area contributed by atoms with Gasteiger partial charge in [-0.2, -0.15) is 0 Å². The molecule has 0 N–H and O–H groups in total. The zero-order valence-electron chi connectivity index (χ0n) is 17.8. The van der Waals surface area contributed by atoms with E-state index in [1.807, 2.05) is 36.4 Å². The minimum Gasteiger partial charge on any atom is -0.494 e. The van der Waals surface area contributed by atoms with E-state index in [1.165, 1.54) is 0 Å². The van der Waals surface area contributed by atoms with Crippen molar-refractivity contribution in [3.8, 4) is 33.8 Å². The Balaban J connectivity index is 2.02. The van der Waals surface area contributed by atoms with Crippen LogP contribution in [0.15, 0.2) is 72.8 Å². The summed E-state index contributed by atoms with van der Waals surface area (Å²) in [4.78, 5) is 0. The van der Waals surface area contributed by atoms with Gasteiger partial charge in [0.2, 0.25) is 0 Å². The largest absolute Gasteiger partial charge is 0.494 e. The van der Waals surface area contributed by atoms with Crippen LogP contribution in [0.25, 0.3) is 22.3 Å². The second-order valence-corrected chi connectivity index (χ2v) is 6.94. The molecule has 0 heterocycles. The summed E-state index contributed by atoms with van der Waals surface area (Å²) in [6.45, 7) is 4.02. The summed E-state index contributed by atoms with van der Waals surface area (Å²) < 4.78 is 22.9. The van der Waals surface area contributed by atoms with Gasteiger partial charge in [-0.1, -0.05) is 74.0 Å². The molecule has 0 aromatic heterocycles. The number of benzene rings is 3. The van der Waals surface area contributed by atoms with Crippen molar-refractivity contribution in [1.29, 1.82) is 0 Å². The third-order valence-corrected chi connectivity index (χ3v) is 4.72. The second kappa shape index (κ2) is 12.0. The minimum absolute atomic E-state index is 0.152. The Morgan fingerprint density at radius 1 is 0.700 bits per heavy atom. The molecule has 3 aromatic carbocycles. The van der Waals surface area contributed by atoms with Crippen molar-refractivity contribution in [2.75, 3.05) is 33.7 Å². The van der Waals surface area contributed by atoms with Gasteiger partial charge in [0.05, 0.1) is 19.8 Å². The fourth-order valence-electron chi connectivity index (χ4n) is 3.14. The van der Waals surface area contributed by atoms with E-state index in [9.17, 15) is 0 Å². The summed E-state index contributed by atoms with van der Waals surface area (Å²) in [5, 5.41) is 0. The van der Waals surface area contributed by atoms with Crippen LogP contribution in [0.3, 0.4) is 0 Å². The van der Waals surface area contributed by atoms with Crippen LogP contribution < -0.4 is 9.47 Å². The molecule has 30 heavy (non-hydrogen) atoms. The van der Waals surface area contributed by atoms with Gasteiger partial charge in [-0.05, 0) is 29.7 Å². The minimum atomic E-state index is 0.152. The van der Waals surface area contributed by atoms with Crippen LogP contribution in [-0.2, 0) is 9.47 Å². The number of hydrogen-bond donors (Lipinski definition) is 0. The maximum atomic E-state index is 6.17. The lowest BCUT2D eigenvalue weighted by atomic mass is 9.96. The highest BCUT2D eigenvalue weighted by atomic mass is 16.7. The summed E-state index contributed by atoms with van der Waals surface area (Å²) >= 11 is 0. The molecular formula is C26H30O4. The van der Waals surface area contributed by atoms with Crippen molar-refractivity contribution >= 4 is 0 Å². The zero-order chi connectivity index (χ0) is 21.0. The molecule has 0 aliphatic heterocycles. The predicted octanol–water partition coefficient (Wildman–Crippen LogP) is 6.20. The Morgan fingerprint density at radius 3 is 1.83 bits per heavy atom. The van der Waals surface area contributed by atoms with Gasteiger partial charge < -0.3 is 18.9 Å². The van der Waals surface area contributed by atoms with Crippen molar-refractivity contribution < 1.29 is 18.9 Å². The number of methoxy groups -OCH3 is 1. The highest BCUT2D eigenvalue weighted by Crippen LogP contribution is 2.42. The molecule has 0 spiro atoms. The molecule has 3 aromatic rings. The molecule has 0 amide bonds. The fourth-order valence-corrected chi connectivity index (χ4v) is 3.14. The zero-order valence-corrected chi connectivity index (χ0v) is 17.8. The van der Waals surface area contributed by atoms with E-state index in [1.54, 1.807) is 7.11 Å². The SMILES string of the molecule is CCCCOc1cc(-c2ccccc2)c(OCOCCOC)c(-c2ccccc2)c1. The normalized spacial score (nSPS) is 10.7. The molecule has 0 saturated carbocycles. The van der Waals surface area contributed by atoms with Crippen LogP contribution in [0.1, 0.15) is 19.8 Å². The van der Waals surface area contributed by atoms with E-state index in [-0.39, 0.29) is 6.79 Å². The van der Waals surface area contributed by atoms with Gasteiger partial charge in [0.25, 0.3) is 0 Å². The summed E-state index contributed by atoms with van der Waals surface area (Å²) in [6, 6.07) is 24.6. The van der Waals surface area contributed by atoms with E-state index < -0.39 is 0 Å². The van der Waals surface area contributed by atoms with Crippen LogP contribution in [0.2, 0.25) is 0 Å². The standard InChI is InChI=1S/C26H30O4/c1-3-4-15-29-23-18-24(21-11-7-5-8-12-21)26(30-20-28-17-16-27-2)25(19-23)22-13-9-6-10-14-22/h5-14,18-19H,3-4,15-17,20H2,1-2H3. The Kier molecular flexibility index (Phi) is 8.76. The lowest BCUT2D eigenvalue weighted by molar-refractivity contribution is -0.00798. The lowest BCUT2D eigenvalue weighted by Crippen LogP contribution is -2.09. The van der Waals surface area contributed by atoms with E-state index in [2.05, 4.69) is 43.3 Å². The highest BCUT2D eigenvalue weighted by molar-refractivity contribution is 5.84. The summed E-state index contributed by atoms with van der Waals surface area (Å²) in [6.07, 6.45) is 2.12. The van der Waals surface area contributed by atoms with E-state index in [0.717, 1.165) is 46.6 Å².